The Hall–Kier alpha value is -1.91. The summed E-state index contributed by atoms with van der Waals surface area (Å²) in [6.45, 7) is 2.07. The molecule has 4 nitrogen and oxygen atoms in total. The summed E-state index contributed by atoms with van der Waals surface area (Å²) in [6.07, 6.45) is 2.34. The predicted molar refractivity (Wildman–Crippen MR) is 74.1 cm³/mol. The Morgan fingerprint density at radius 2 is 2.00 bits per heavy atom. The molecule has 0 aliphatic carbocycles. The maximum atomic E-state index is 8.85. The van der Waals surface area contributed by atoms with E-state index in [0.29, 0.717) is 12.3 Å². The Bertz CT molecular complexity index is 524. The molecule has 0 saturated carbocycles. The molecule has 2 aromatic rings. The number of hydrogen-bond donors (Lipinski definition) is 2. The minimum absolute atomic E-state index is 0.0442. The topological polar surface area (TPSA) is 68.4 Å². The van der Waals surface area contributed by atoms with Crippen LogP contribution in [0.2, 0.25) is 0 Å². The Morgan fingerprint density at radius 3 is 2.63 bits per heavy atom. The first-order valence-corrected chi connectivity index (χ1v) is 6.28. The van der Waals surface area contributed by atoms with E-state index in [0.717, 1.165) is 16.9 Å². The van der Waals surface area contributed by atoms with Gasteiger partial charge in [-0.1, -0.05) is 12.1 Å². The van der Waals surface area contributed by atoms with Crippen molar-refractivity contribution in [3.8, 4) is 11.6 Å². The first-order valence-electron chi connectivity index (χ1n) is 6.28. The van der Waals surface area contributed by atoms with Crippen molar-refractivity contribution >= 4 is 0 Å². The average Bonchev–Trinajstić information content (AvgIpc) is 2.42. The van der Waals surface area contributed by atoms with Gasteiger partial charge in [0, 0.05) is 24.9 Å². The van der Waals surface area contributed by atoms with E-state index in [1.54, 1.807) is 6.20 Å². The maximum Gasteiger partial charge on any atom is 0.219 e. The Morgan fingerprint density at radius 1 is 1.26 bits per heavy atom. The number of aliphatic hydroxyl groups is 1. The van der Waals surface area contributed by atoms with E-state index in [1.165, 1.54) is 0 Å². The molecular weight excluding hydrogens is 240 g/mol. The van der Waals surface area contributed by atoms with E-state index < -0.39 is 0 Å². The minimum atomic E-state index is -0.0442. The second-order valence-electron chi connectivity index (χ2n) is 4.44. The zero-order valence-corrected chi connectivity index (χ0v) is 10.9. The molecule has 19 heavy (non-hydrogen) atoms. The number of rotatable bonds is 5. The normalized spacial score (nSPS) is 12.2. The number of ether oxygens (including phenoxy) is 1. The van der Waals surface area contributed by atoms with Crippen LogP contribution in [0.1, 0.15) is 24.1 Å². The first kappa shape index (κ1) is 13.5. The molecule has 0 bridgehead atoms. The largest absolute Gasteiger partial charge is 0.439 e. The van der Waals surface area contributed by atoms with E-state index in [4.69, 9.17) is 15.6 Å². The van der Waals surface area contributed by atoms with Gasteiger partial charge in [-0.3, -0.25) is 0 Å². The molecule has 1 heterocycles. The van der Waals surface area contributed by atoms with Crippen molar-refractivity contribution in [1.82, 2.24) is 4.98 Å². The lowest BCUT2D eigenvalue weighted by molar-refractivity contribution is 0.299. The lowest BCUT2D eigenvalue weighted by atomic mass is 10.1. The summed E-state index contributed by atoms with van der Waals surface area (Å²) in [5.41, 5.74) is 7.89. The van der Waals surface area contributed by atoms with Crippen LogP contribution in [-0.2, 0) is 6.42 Å². The summed E-state index contributed by atoms with van der Waals surface area (Å²) < 4.78 is 5.67. The summed E-state index contributed by atoms with van der Waals surface area (Å²) in [4.78, 5) is 4.16. The van der Waals surface area contributed by atoms with Crippen molar-refractivity contribution in [1.29, 1.82) is 0 Å². The fourth-order valence-corrected chi connectivity index (χ4v) is 1.74. The molecule has 0 fully saturated rings. The van der Waals surface area contributed by atoms with Gasteiger partial charge in [0.1, 0.15) is 5.75 Å². The van der Waals surface area contributed by atoms with Crippen LogP contribution in [0.3, 0.4) is 0 Å². The zero-order valence-electron chi connectivity index (χ0n) is 10.9. The van der Waals surface area contributed by atoms with Crippen LogP contribution in [0, 0.1) is 0 Å². The molecule has 0 unspecified atom stereocenters. The van der Waals surface area contributed by atoms with E-state index in [-0.39, 0.29) is 12.6 Å². The highest BCUT2D eigenvalue weighted by molar-refractivity contribution is 5.32. The van der Waals surface area contributed by atoms with Gasteiger partial charge in [-0.15, -0.1) is 0 Å². The third-order valence-corrected chi connectivity index (χ3v) is 2.83. The van der Waals surface area contributed by atoms with Crippen LogP contribution in [0.25, 0.3) is 0 Å². The summed E-state index contributed by atoms with van der Waals surface area (Å²) in [5, 5.41) is 8.85. The highest BCUT2D eigenvalue weighted by Gasteiger charge is 2.03. The molecule has 0 aliphatic rings. The molecule has 1 aromatic carbocycles. The molecular formula is C15H18N2O2. The van der Waals surface area contributed by atoms with E-state index >= 15 is 0 Å². The van der Waals surface area contributed by atoms with Gasteiger partial charge in [-0.05, 0) is 42.7 Å². The van der Waals surface area contributed by atoms with Crippen LogP contribution >= 0.6 is 0 Å². The molecule has 0 aliphatic heterocycles. The van der Waals surface area contributed by atoms with Gasteiger partial charge in [0.05, 0.1) is 0 Å². The third-order valence-electron chi connectivity index (χ3n) is 2.83. The average molecular weight is 258 g/mol. The highest BCUT2D eigenvalue weighted by atomic mass is 16.5. The summed E-state index contributed by atoms with van der Waals surface area (Å²) in [6, 6.07) is 11.3. The van der Waals surface area contributed by atoms with Crippen LogP contribution < -0.4 is 10.5 Å². The quantitative estimate of drug-likeness (QED) is 0.864. The Labute approximate surface area is 112 Å². The smallest absolute Gasteiger partial charge is 0.219 e. The summed E-state index contributed by atoms with van der Waals surface area (Å²) in [5.74, 6) is 1.25. The summed E-state index contributed by atoms with van der Waals surface area (Å²) in [7, 11) is 0. The Kier molecular flexibility index (Phi) is 4.49. The molecule has 0 saturated heterocycles. The van der Waals surface area contributed by atoms with Crippen LogP contribution in [0.15, 0.2) is 42.6 Å². The number of aromatic nitrogens is 1. The van der Waals surface area contributed by atoms with Crippen molar-refractivity contribution < 1.29 is 9.84 Å². The number of aliphatic hydroxyl groups excluding tert-OH is 1. The second-order valence-corrected chi connectivity index (χ2v) is 4.44. The number of pyridine rings is 1. The highest BCUT2D eigenvalue weighted by Crippen LogP contribution is 2.22. The zero-order chi connectivity index (χ0) is 13.7. The fourth-order valence-electron chi connectivity index (χ4n) is 1.74. The monoisotopic (exact) mass is 258 g/mol. The van der Waals surface area contributed by atoms with Crippen molar-refractivity contribution in [3.63, 3.8) is 0 Å². The van der Waals surface area contributed by atoms with Crippen LogP contribution in [0.4, 0.5) is 0 Å². The third kappa shape index (κ3) is 3.77. The molecule has 3 N–H and O–H groups in total. The van der Waals surface area contributed by atoms with Crippen LogP contribution in [-0.4, -0.2) is 16.7 Å². The molecule has 1 aromatic heterocycles. The molecule has 0 radical (unpaired) electrons. The maximum absolute atomic E-state index is 8.85. The minimum Gasteiger partial charge on any atom is -0.439 e. The van der Waals surface area contributed by atoms with E-state index in [9.17, 15) is 0 Å². The lowest BCUT2D eigenvalue weighted by Crippen LogP contribution is -2.05. The molecule has 4 heteroatoms. The predicted octanol–water partition coefficient (Wildman–Crippen LogP) is 2.43. The van der Waals surface area contributed by atoms with Gasteiger partial charge in [0.15, 0.2) is 0 Å². The Balaban J connectivity index is 2.10. The van der Waals surface area contributed by atoms with E-state index in [2.05, 4.69) is 4.98 Å². The van der Waals surface area contributed by atoms with Crippen LogP contribution in [0.5, 0.6) is 11.6 Å². The van der Waals surface area contributed by atoms with Gasteiger partial charge in [0.2, 0.25) is 5.88 Å². The van der Waals surface area contributed by atoms with Crippen molar-refractivity contribution in [2.24, 2.45) is 5.73 Å². The number of hydrogen-bond acceptors (Lipinski definition) is 4. The van der Waals surface area contributed by atoms with E-state index in [1.807, 2.05) is 43.3 Å². The SMILES string of the molecule is C[C@H](N)c1ccnc(Oc2ccc(CCO)cc2)c1. The van der Waals surface area contributed by atoms with Gasteiger partial charge < -0.3 is 15.6 Å². The molecule has 0 amide bonds. The first-order chi connectivity index (χ1) is 9.19. The molecule has 2 rings (SSSR count). The molecule has 1 atom stereocenters. The van der Waals surface area contributed by atoms with Gasteiger partial charge in [-0.2, -0.15) is 0 Å². The van der Waals surface area contributed by atoms with Crippen molar-refractivity contribution in [2.75, 3.05) is 6.61 Å². The number of nitrogens with zero attached hydrogens (tertiary/aromatic N) is 1. The fraction of sp³-hybridized carbons (Fsp3) is 0.267. The lowest BCUT2D eigenvalue weighted by Gasteiger charge is -2.09. The standard InChI is InChI=1S/C15H18N2O2/c1-11(16)13-6-8-17-15(10-13)19-14-4-2-12(3-5-14)7-9-18/h2-6,8,10-11,18H,7,9,16H2,1H3/t11-/m0/s1. The van der Waals surface area contributed by atoms with Gasteiger partial charge in [0.25, 0.3) is 0 Å². The molecule has 0 spiro atoms. The summed E-state index contributed by atoms with van der Waals surface area (Å²) >= 11 is 0. The van der Waals surface area contributed by atoms with Crippen molar-refractivity contribution in [3.05, 3.63) is 53.7 Å². The van der Waals surface area contributed by atoms with Gasteiger partial charge in [-0.25, -0.2) is 4.98 Å². The second kappa shape index (κ2) is 6.31. The van der Waals surface area contributed by atoms with Crippen molar-refractivity contribution in [2.45, 2.75) is 19.4 Å². The molecule has 100 valence electrons. The van der Waals surface area contributed by atoms with Gasteiger partial charge >= 0.3 is 0 Å². The number of nitrogens with two attached hydrogens (primary N) is 1. The number of benzene rings is 1.